The molecule has 1 unspecified atom stereocenters. The van der Waals surface area contributed by atoms with Crippen LogP contribution in [0.15, 0.2) is 22.8 Å². The number of hydrogen-bond acceptors (Lipinski definition) is 2. The molecule has 2 aromatic rings. The highest BCUT2D eigenvalue weighted by molar-refractivity contribution is 9.10. The van der Waals surface area contributed by atoms with Crippen LogP contribution in [-0.2, 0) is 12.6 Å². The first kappa shape index (κ1) is 11.2. The van der Waals surface area contributed by atoms with Crippen molar-refractivity contribution in [3.8, 4) is 0 Å². The average molecular weight is 295 g/mol. The van der Waals surface area contributed by atoms with Gasteiger partial charge in [-0.3, -0.25) is 4.68 Å². The van der Waals surface area contributed by atoms with Gasteiger partial charge in [0.1, 0.15) is 0 Å². The molecule has 90 valence electrons. The van der Waals surface area contributed by atoms with Gasteiger partial charge in [0.05, 0.1) is 11.1 Å². The molecule has 0 bridgehead atoms. The molecule has 0 radical (unpaired) electrons. The van der Waals surface area contributed by atoms with E-state index in [9.17, 15) is 5.11 Å². The number of rotatable bonds is 2. The number of hydrogen-bond donors (Lipinski definition) is 1. The monoisotopic (exact) mass is 294 g/mol. The molecule has 1 atom stereocenters. The number of aromatic nitrogens is 2. The zero-order chi connectivity index (χ0) is 12.2. The molecule has 3 rings (SSSR count). The Morgan fingerprint density at radius 2 is 2.18 bits per heavy atom. The zero-order valence-electron chi connectivity index (χ0n) is 9.94. The van der Waals surface area contributed by atoms with E-state index >= 15 is 0 Å². The first-order valence-corrected chi connectivity index (χ1v) is 6.64. The van der Waals surface area contributed by atoms with Gasteiger partial charge >= 0.3 is 0 Å². The third-order valence-corrected chi connectivity index (χ3v) is 4.35. The summed E-state index contributed by atoms with van der Waals surface area (Å²) >= 11 is 3.53. The summed E-state index contributed by atoms with van der Waals surface area (Å²) in [6, 6.07) is 3.98. The molecule has 1 aromatic carbocycles. The van der Waals surface area contributed by atoms with Crippen LogP contribution >= 0.6 is 15.9 Å². The Morgan fingerprint density at radius 1 is 1.47 bits per heavy atom. The number of fused-ring (bicyclic) bond motifs is 1. The molecule has 0 saturated heterocycles. The average Bonchev–Trinajstić information content (AvgIpc) is 3.02. The lowest BCUT2D eigenvalue weighted by Gasteiger charge is -2.24. The van der Waals surface area contributed by atoms with Gasteiger partial charge in [0.25, 0.3) is 0 Å². The zero-order valence-corrected chi connectivity index (χ0v) is 11.5. The van der Waals surface area contributed by atoms with Crippen LogP contribution in [0.1, 0.15) is 25.3 Å². The Kier molecular flexibility index (Phi) is 2.35. The summed E-state index contributed by atoms with van der Waals surface area (Å²) in [5.41, 5.74) is 1.09. The number of benzene rings is 1. The molecule has 0 amide bonds. The lowest BCUT2D eigenvalue weighted by molar-refractivity contribution is 0.0344. The maximum Gasteiger partial charge on any atom is 0.0995 e. The minimum absolute atomic E-state index is 0.383. The van der Waals surface area contributed by atoms with Gasteiger partial charge in [-0.2, -0.15) is 5.10 Å². The molecule has 1 fully saturated rings. The Labute approximate surface area is 109 Å². The van der Waals surface area contributed by atoms with Crippen LogP contribution in [0.2, 0.25) is 0 Å². The van der Waals surface area contributed by atoms with E-state index in [-0.39, 0.29) is 0 Å². The molecule has 0 spiro atoms. The normalized spacial score (nSPS) is 19.5. The smallest absolute Gasteiger partial charge is 0.0995 e. The van der Waals surface area contributed by atoms with Crippen molar-refractivity contribution in [1.82, 2.24) is 9.78 Å². The summed E-state index contributed by atoms with van der Waals surface area (Å²) in [5, 5.41) is 16.2. The number of aliphatic hydroxyl groups is 1. The van der Waals surface area contributed by atoms with Crippen LogP contribution in [0.4, 0.5) is 0 Å². The van der Waals surface area contributed by atoms with Crippen molar-refractivity contribution in [2.45, 2.75) is 25.4 Å². The second-order valence-electron chi connectivity index (χ2n) is 5.08. The summed E-state index contributed by atoms with van der Waals surface area (Å²) in [6.07, 6.45) is 4.20. The van der Waals surface area contributed by atoms with Crippen molar-refractivity contribution in [1.29, 1.82) is 0 Å². The van der Waals surface area contributed by atoms with Crippen molar-refractivity contribution < 1.29 is 5.11 Å². The molecular weight excluding hydrogens is 280 g/mol. The van der Waals surface area contributed by atoms with Crippen molar-refractivity contribution >= 4 is 26.8 Å². The largest absolute Gasteiger partial charge is 0.385 e. The molecule has 17 heavy (non-hydrogen) atoms. The highest BCUT2D eigenvalue weighted by Crippen LogP contribution is 2.47. The van der Waals surface area contributed by atoms with Gasteiger partial charge in [0, 0.05) is 28.7 Å². The van der Waals surface area contributed by atoms with Crippen LogP contribution in [-0.4, -0.2) is 14.9 Å². The molecule has 1 heterocycles. The molecule has 1 saturated carbocycles. The predicted molar refractivity (Wildman–Crippen MR) is 70.7 cm³/mol. The molecular formula is C13H15BrN2O. The fourth-order valence-electron chi connectivity index (χ4n) is 2.46. The van der Waals surface area contributed by atoms with Gasteiger partial charge in [-0.1, -0.05) is 22.0 Å². The Bertz CT molecular complexity index is 584. The van der Waals surface area contributed by atoms with Gasteiger partial charge in [-0.05, 0) is 31.7 Å². The van der Waals surface area contributed by atoms with Crippen molar-refractivity contribution in [3.63, 3.8) is 0 Å². The lowest BCUT2D eigenvalue weighted by atomic mass is 9.89. The summed E-state index contributed by atoms with van der Waals surface area (Å²) < 4.78 is 2.82. The molecule has 1 N–H and O–H groups in total. The molecule has 4 heteroatoms. The molecule has 0 aliphatic heterocycles. The first-order chi connectivity index (χ1) is 8.00. The van der Waals surface area contributed by atoms with Gasteiger partial charge in [-0.25, -0.2) is 0 Å². The van der Waals surface area contributed by atoms with Crippen molar-refractivity contribution in [2.75, 3.05) is 0 Å². The summed E-state index contributed by atoms with van der Waals surface area (Å²) in [6.45, 7) is 1.90. The maximum absolute atomic E-state index is 10.7. The van der Waals surface area contributed by atoms with E-state index in [0.717, 1.165) is 33.8 Å². The summed E-state index contributed by atoms with van der Waals surface area (Å²) in [4.78, 5) is 0. The minimum atomic E-state index is -0.757. The van der Waals surface area contributed by atoms with Gasteiger partial charge in [-0.15, -0.1) is 0 Å². The highest BCUT2D eigenvalue weighted by Gasteiger charge is 2.42. The van der Waals surface area contributed by atoms with E-state index in [0.29, 0.717) is 5.92 Å². The van der Waals surface area contributed by atoms with E-state index in [1.807, 2.05) is 32.3 Å². The fourth-order valence-corrected chi connectivity index (χ4v) is 2.88. The number of nitrogens with zero attached hydrogens (tertiary/aromatic N) is 2. The number of halogens is 1. The minimum Gasteiger partial charge on any atom is -0.385 e. The SMILES string of the molecule is Cn1cc2c(Br)ccc(C(C)(O)C3CC3)c2n1. The molecule has 3 nitrogen and oxygen atoms in total. The van der Waals surface area contributed by atoms with Crippen LogP contribution in [0.5, 0.6) is 0 Å². The summed E-state index contributed by atoms with van der Waals surface area (Å²) in [5.74, 6) is 0.383. The second-order valence-corrected chi connectivity index (χ2v) is 5.94. The quantitative estimate of drug-likeness (QED) is 0.925. The first-order valence-electron chi connectivity index (χ1n) is 5.85. The van der Waals surface area contributed by atoms with Crippen LogP contribution in [0.25, 0.3) is 10.9 Å². The Balaban J connectivity index is 2.26. The van der Waals surface area contributed by atoms with Gasteiger partial charge < -0.3 is 5.11 Å². The third kappa shape index (κ3) is 1.70. The lowest BCUT2D eigenvalue weighted by Crippen LogP contribution is -2.24. The molecule has 1 aromatic heterocycles. The van der Waals surface area contributed by atoms with Crippen LogP contribution < -0.4 is 0 Å². The van der Waals surface area contributed by atoms with E-state index in [1.54, 1.807) is 4.68 Å². The maximum atomic E-state index is 10.7. The standard InChI is InChI=1S/C13H15BrN2O/c1-13(17,8-3-4-8)10-5-6-11(14)9-7-16(2)15-12(9)10/h5-8,17H,3-4H2,1-2H3. The number of aryl methyl sites for hydroxylation is 1. The van der Waals surface area contributed by atoms with Gasteiger partial charge in [0.15, 0.2) is 0 Å². The summed E-state index contributed by atoms with van der Waals surface area (Å²) in [7, 11) is 1.90. The molecule has 1 aliphatic rings. The van der Waals surface area contributed by atoms with E-state index in [1.165, 1.54) is 0 Å². The van der Waals surface area contributed by atoms with Gasteiger partial charge in [0.2, 0.25) is 0 Å². The van der Waals surface area contributed by atoms with Crippen molar-refractivity contribution in [2.24, 2.45) is 13.0 Å². The Morgan fingerprint density at radius 3 is 2.82 bits per heavy atom. The predicted octanol–water partition coefficient (Wildman–Crippen LogP) is 2.95. The Hall–Kier alpha value is -0.870. The third-order valence-electron chi connectivity index (χ3n) is 3.66. The second kappa shape index (κ2) is 3.56. The van der Waals surface area contributed by atoms with Crippen LogP contribution in [0, 0.1) is 5.92 Å². The molecule has 1 aliphatic carbocycles. The van der Waals surface area contributed by atoms with Crippen molar-refractivity contribution in [3.05, 3.63) is 28.4 Å². The fraction of sp³-hybridized carbons (Fsp3) is 0.462. The van der Waals surface area contributed by atoms with E-state index in [4.69, 9.17) is 0 Å². The van der Waals surface area contributed by atoms with E-state index < -0.39 is 5.60 Å². The van der Waals surface area contributed by atoms with Crippen LogP contribution in [0.3, 0.4) is 0 Å². The highest BCUT2D eigenvalue weighted by atomic mass is 79.9. The topological polar surface area (TPSA) is 38.0 Å². The van der Waals surface area contributed by atoms with E-state index in [2.05, 4.69) is 21.0 Å².